The molecule has 152 valence electrons. The molecule has 4 aliphatic carbocycles. The maximum Gasteiger partial charge on any atom is 0.303 e. The number of carbonyl (C=O) groups excluding carboxylic acids is 1. The predicted molar refractivity (Wildman–Crippen MR) is 108 cm³/mol. The van der Waals surface area contributed by atoms with Crippen LogP contribution in [-0.2, 0) is 9.59 Å². The zero-order chi connectivity index (χ0) is 20.3. The Kier molecular flexibility index (Phi) is 4.69. The molecule has 2 N–H and O–H groups in total. The summed E-state index contributed by atoms with van der Waals surface area (Å²) in [5.41, 5.74) is 1.86. The van der Waals surface area contributed by atoms with E-state index in [4.69, 9.17) is 5.11 Å². The Hall–Kier alpha value is -1.68. The van der Waals surface area contributed by atoms with Crippen molar-refractivity contribution in [1.29, 1.82) is 0 Å². The Balaban J connectivity index is 1.62. The van der Waals surface area contributed by atoms with Gasteiger partial charge in [-0.05, 0) is 80.3 Å². The van der Waals surface area contributed by atoms with Gasteiger partial charge in [0, 0.05) is 18.3 Å². The van der Waals surface area contributed by atoms with Crippen molar-refractivity contribution in [2.45, 2.75) is 70.3 Å². The zero-order valence-corrected chi connectivity index (χ0v) is 16.9. The zero-order valence-electron chi connectivity index (χ0n) is 16.9. The molecule has 0 amide bonds. The first-order valence-electron chi connectivity index (χ1n) is 10.7. The number of aliphatic hydroxyl groups is 1. The first-order valence-corrected chi connectivity index (χ1v) is 10.7. The second-order valence-corrected chi connectivity index (χ2v) is 9.81. The van der Waals surface area contributed by atoms with Gasteiger partial charge in [0.1, 0.15) is 0 Å². The Morgan fingerprint density at radius 2 is 2.00 bits per heavy atom. The van der Waals surface area contributed by atoms with Crippen LogP contribution in [0.25, 0.3) is 0 Å². The number of hydrogen-bond acceptors (Lipinski definition) is 3. The molecule has 0 aliphatic heterocycles. The first-order chi connectivity index (χ1) is 13.2. The van der Waals surface area contributed by atoms with E-state index in [1.54, 1.807) is 0 Å². The van der Waals surface area contributed by atoms with Gasteiger partial charge in [-0.15, -0.1) is 0 Å². The van der Waals surface area contributed by atoms with E-state index in [9.17, 15) is 14.7 Å². The molecular formula is C24H32O4. The van der Waals surface area contributed by atoms with E-state index in [-0.39, 0.29) is 17.6 Å². The summed E-state index contributed by atoms with van der Waals surface area (Å²) >= 11 is 0. The van der Waals surface area contributed by atoms with Crippen molar-refractivity contribution in [2.24, 2.45) is 29.1 Å². The van der Waals surface area contributed by atoms with Crippen molar-refractivity contribution in [3.63, 3.8) is 0 Å². The van der Waals surface area contributed by atoms with Crippen molar-refractivity contribution >= 4 is 11.8 Å². The Morgan fingerprint density at radius 3 is 2.71 bits per heavy atom. The standard InChI is InChI=1S/C24H32O4/c1-14-13-23(3)20(10-11-24(23,28)15(2)4-9-21(26)27)19-7-5-16-12-17(25)6-8-18(16)22(14)19/h12,18-20,22,28H,1-2,4-11,13H2,3H3,(H,26,27)/t18-,19-,20-,22+,23-,24+/m0/s1. The lowest BCUT2D eigenvalue weighted by Gasteiger charge is -2.57. The maximum absolute atomic E-state index is 11.9. The quantitative estimate of drug-likeness (QED) is 0.703. The third-order valence-corrected chi connectivity index (χ3v) is 8.57. The second kappa shape index (κ2) is 6.69. The number of carboxylic acids is 1. The highest BCUT2D eigenvalue weighted by Gasteiger charge is 2.63. The number of aliphatic carboxylic acids is 1. The van der Waals surface area contributed by atoms with E-state index >= 15 is 0 Å². The lowest BCUT2D eigenvalue weighted by atomic mass is 9.48. The van der Waals surface area contributed by atoms with E-state index in [0.717, 1.165) is 32.1 Å². The SMILES string of the molecule is C=C1C[C@@]2(C)[C@@H](CC[C@@]2(O)C(=C)CCC(=O)O)[C@@H]2CCC3=CC(=O)CC[C@@H]3[C@@H]12. The molecule has 0 radical (unpaired) electrons. The van der Waals surface area contributed by atoms with Gasteiger partial charge in [-0.1, -0.05) is 31.2 Å². The van der Waals surface area contributed by atoms with Gasteiger partial charge in [0.05, 0.1) is 5.60 Å². The molecule has 4 rings (SSSR count). The molecule has 0 aromatic carbocycles. The van der Waals surface area contributed by atoms with E-state index in [0.29, 0.717) is 48.5 Å². The number of fused-ring (bicyclic) bond motifs is 5. The number of carbonyl (C=O) groups is 2. The summed E-state index contributed by atoms with van der Waals surface area (Å²) in [4.78, 5) is 22.9. The summed E-state index contributed by atoms with van der Waals surface area (Å²) in [6.45, 7) is 10.8. The van der Waals surface area contributed by atoms with Crippen LogP contribution >= 0.6 is 0 Å². The highest BCUT2D eigenvalue weighted by Crippen LogP contribution is 2.67. The monoisotopic (exact) mass is 384 g/mol. The smallest absolute Gasteiger partial charge is 0.303 e. The van der Waals surface area contributed by atoms with Gasteiger partial charge in [0.15, 0.2) is 5.78 Å². The summed E-state index contributed by atoms with van der Waals surface area (Å²) in [5.74, 6) is 1.16. The molecule has 4 nitrogen and oxygen atoms in total. The fraction of sp³-hybridized carbons (Fsp3) is 0.667. The molecule has 3 saturated carbocycles. The van der Waals surface area contributed by atoms with E-state index in [2.05, 4.69) is 20.1 Å². The summed E-state index contributed by atoms with van der Waals surface area (Å²) < 4.78 is 0. The predicted octanol–water partition coefficient (Wildman–Crippen LogP) is 4.45. The molecular weight excluding hydrogens is 352 g/mol. The molecule has 0 unspecified atom stereocenters. The summed E-state index contributed by atoms with van der Waals surface area (Å²) in [6, 6.07) is 0. The van der Waals surface area contributed by atoms with Crippen LogP contribution in [0, 0.1) is 29.1 Å². The minimum absolute atomic E-state index is 0.0130. The number of allylic oxidation sites excluding steroid dienone is 2. The average molecular weight is 385 g/mol. The lowest BCUT2D eigenvalue weighted by Crippen LogP contribution is -2.54. The Morgan fingerprint density at radius 1 is 1.25 bits per heavy atom. The van der Waals surface area contributed by atoms with Gasteiger partial charge in [0.2, 0.25) is 0 Å². The van der Waals surface area contributed by atoms with Crippen LogP contribution in [-0.4, -0.2) is 27.6 Å². The Labute approximate surface area is 167 Å². The number of hydrogen-bond donors (Lipinski definition) is 2. The van der Waals surface area contributed by atoms with E-state index in [1.165, 1.54) is 11.1 Å². The van der Waals surface area contributed by atoms with Gasteiger partial charge in [-0.2, -0.15) is 0 Å². The molecule has 0 heterocycles. The molecule has 0 aromatic heterocycles. The minimum atomic E-state index is -1.01. The minimum Gasteiger partial charge on any atom is -0.481 e. The second-order valence-electron chi connectivity index (χ2n) is 9.81. The highest BCUT2D eigenvalue weighted by atomic mass is 16.4. The molecule has 4 heteroatoms. The molecule has 3 fully saturated rings. The van der Waals surface area contributed by atoms with E-state index < -0.39 is 11.6 Å². The van der Waals surface area contributed by atoms with Crippen LogP contribution < -0.4 is 0 Å². The highest BCUT2D eigenvalue weighted by molar-refractivity contribution is 5.91. The van der Waals surface area contributed by atoms with Crippen molar-refractivity contribution in [2.75, 3.05) is 0 Å². The summed E-state index contributed by atoms with van der Waals surface area (Å²) in [6.07, 6.45) is 8.22. The maximum atomic E-state index is 11.9. The third kappa shape index (κ3) is 2.75. The molecule has 0 saturated heterocycles. The van der Waals surface area contributed by atoms with Crippen molar-refractivity contribution in [1.82, 2.24) is 0 Å². The normalized spacial score (nSPS) is 42.3. The lowest BCUT2D eigenvalue weighted by molar-refractivity contribution is -0.137. The Bertz CT molecular complexity index is 777. The first kappa shape index (κ1) is 19.6. The number of carboxylic acid groups (broad SMARTS) is 1. The summed E-state index contributed by atoms with van der Waals surface area (Å²) in [5, 5.41) is 20.8. The number of rotatable bonds is 4. The molecule has 0 spiro atoms. The fourth-order valence-electron chi connectivity index (χ4n) is 7.26. The van der Waals surface area contributed by atoms with Gasteiger partial charge in [-0.25, -0.2) is 0 Å². The molecule has 6 atom stereocenters. The molecule has 4 aliphatic rings. The number of ketones is 1. The third-order valence-electron chi connectivity index (χ3n) is 8.57. The van der Waals surface area contributed by atoms with Crippen molar-refractivity contribution in [3.8, 4) is 0 Å². The van der Waals surface area contributed by atoms with Crippen molar-refractivity contribution < 1.29 is 19.8 Å². The van der Waals surface area contributed by atoms with Gasteiger partial charge in [0.25, 0.3) is 0 Å². The van der Waals surface area contributed by atoms with Crippen LogP contribution in [0.15, 0.2) is 36.0 Å². The van der Waals surface area contributed by atoms with Crippen LogP contribution in [0.5, 0.6) is 0 Å². The van der Waals surface area contributed by atoms with Crippen molar-refractivity contribution in [3.05, 3.63) is 36.0 Å². The van der Waals surface area contributed by atoms with Crippen LogP contribution in [0.3, 0.4) is 0 Å². The topological polar surface area (TPSA) is 74.6 Å². The fourth-order valence-corrected chi connectivity index (χ4v) is 7.26. The van der Waals surface area contributed by atoms with Crippen LogP contribution in [0.4, 0.5) is 0 Å². The molecule has 0 bridgehead atoms. The van der Waals surface area contributed by atoms with Gasteiger partial charge in [-0.3, -0.25) is 9.59 Å². The van der Waals surface area contributed by atoms with E-state index in [1.807, 2.05) is 6.08 Å². The van der Waals surface area contributed by atoms with Gasteiger partial charge < -0.3 is 10.2 Å². The van der Waals surface area contributed by atoms with Gasteiger partial charge >= 0.3 is 5.97 Å². The molecule has 28 heavy (non-hydrogen) atoms. The summed E-state index contributed by atoms with van der Waals surface area (Å²) in [7, 11) is 0. The average Bonchev–Trinajstić information content (AvgIpc) is 2.91. The van der Waals surface area contributed by atoms with Crippen LogP contribution in [0.2, 0.25) is 0 Å². The largest absolute Gasteiger partial charge is 0.481 e. The molecule has 0 aromatic rings. The van der Waals surface area contributed by atoms with Crippen LogP contribution in [0.1, 0.15) is 64.7 Å².